The van der Waals surface area contributed by atoms with Crippen LogP contribution in [-0.2, 0) is 4.74 Å². The van der Waals surface area contributed by atoms with E-state index in [2.05, 4.69) is 26.0 Å². The third kappa shape index (κ3) is 3.03. The molecule has 0 spiro atoms. The van der Waals surface area contributed by atoms with Crippen LogP contribution in [0, 0.1) is 17.8 Å². The molecule has 0 unspecified atom stereocenters. The minimum absolute atomic E-state index is 0.187. The number of amides is 1. The molecule has 0 aromatic rings. The third-order valence-corrected chi connectivity index (χ3v) is 5.00. The molecule has 1 N–H and O–H groups in total. The summed E-state index contributed by atoms with van der Waals surface area (Å²) in [6.45, 7) is -0.925. The molecular formula is C13H18BrF2NO2. The van der Waals surface area contributed by atoms with Gasteiger partial charge in [0.05, 0.1) is 0 Å². The zero-order valence-electron chi connectivity index (χ0n) is 10.6. The SMILES string of the molecule is O=C(NC12CC3CC(CC(C3)C1)C2)OCC(F)(F)Br. The molecule has 19 heavy (non-hydrogen) atoms. The Balaban J connectivity index is 1.59. The van der Waals surface area contributed by atoms with Crippen molar-refractivity contribution in [3.63, 3.8) is 0 Å². The Labute approximate surface area is 119 Å². The smallest absolute Gasteiger partial charge is 0.407 e. The summed E-state index contributed by atoms with van der Waals surface area (Å²) in [5, 5.41) is 2.88. The fourth-order valence-corrected chi connectivity index (χ4v) is 4.78. The van der Waals surface area contributed by atoms with Gasteiger partial charge in [-0.05, 0) is 72.2 Å². The van der Waals surface area contributed by atoms with Gasteiger partial charge in [0.25, 0.3) is 0 Å². The summed E-state index contributed by atoms with van der Waals surface area (Å²) in [6, 6.07) is 0. The molecule has 0 atom stereocenters. The van der Waals surface area contributed by atoms with Crippen LogP contribution in [0.3, 0.4) is 0 Å². The van der Waals surface area contributed by atoms with E-state index in [1.807, 2.05) is 0 Å². The Morgan fingerprint density at radius 3 is 2.11 bits per heavy atom. The van der Waals surface area contributed by atoms with Gasteiger partial charge in [0.2, 0.25) is 0 Å². The van der Waals surface area contributed by atoms with Crippen LogP contribution in [0.2, 0.25) is 0 Å². The van der Waals surface area contributed by atoms with Gasteiger partial charge >= 0.3 is 10.9 Å². The largest absolute Gasteiger partial charge is 0.442 e. The van der Waals surface area contributed by atoms with Gasteiger partial charge in [-0.15, -0.1) is 0 Å². The van der Waals surface area contributed by atoms with Crippen LogP contribution >= 0.6 is 15.9 Å². The Kier molecular flexibility index (Phi) is 3.27. The van der Waals surface area contributed by atoms with Crippen molar-refractivity contribution in [1.82, 2.24) is 5.32 Å². The lowest BCUT2D eigenvalue weighted by Gasteiger charge is -2.56. The average molecular weight is 338 g/mol. The molecule has 0 aromatic heterocycles. The highest BCUT2D eigenvalue weighted by Crippen LogP contribution is 2.55. The van der Waals surface area contributed by atoms with E-state index in [4.69, 9.17) is 0 Å². The minimum atomic E-state index is -3.15. The van der Waals surface area contributed by atoms with Gasteiger partial charge in [-0.25, -0.2) is 4.79 Å². The monoisotopic (exact) mass is 337 g/mol. The first kappa shape index (κ1) is 13.6. The summed E-state index contributed by atoms with van der Waals surface area (Å²) in [6.07, 6.45) is 6.07. The quantitative estimate of drug-likeness (QED) is 0.798. The predicted molar refractivity (Wildman–Crippen MR) is 69.3 cm³/mol. The number of ether oxygens (including phenoxy) is 1. The van der Waals surface area contributed by atoms with E-state index in [-0.39, 0.29) is 5.54 Å². The Morgan fingerprint density at radius 1 is 1.21 bits per heavy atom. The molecular weight excluding hydrogens is 320 g/mol. The van der Waals surface area contributed by atoms with Crippen LogP contribution in [-0.4, -0.2) is 23.1 Å². The molecule has 3 nitrogen and oxygen atoms in total. The molecule has 4 saturated carbocycles. The van der Waals surface area contributed by atoms with Gasteiger partial charge in [0.15, 0.2) is 6.61 Å². The molecule has 4 aliphatic carbocycles. The number of alkyl halides is 3. The molecule has 6 heteroatoms. The molecule has 1 amide bonds. The summed E-state index contributed by atoms with van der Waals surface area (Å²) in [4.78, 5) is 8.54. The van der Waals surface area contributed by atoms with Gasteiger partial charge < -0.3 is 10.1 Å². The van der Waals surface area contributed by atoms with E-state index < -0.39 is 17.5 Å². The van der Waals surface area contributed by atoms with Crippen LogP contribution < -0.4 is 5.32 Å². The first-order valence-corrected chi connectivity index (χ1v) is 7.65. The summed E-state index contributed by atoms with van der Waals surface area (Å²) in [5.74, 6) is 2.09. The first-order valence-electron chi connectivity index (χ1n) is 6.85. The number of alkyl carbamates (subject to hydrolysis) is 1. The molecule has 0 saturated heterocycles. The van der Waals surface area contributed by atoms with E-state index in [1.54, 1.807) is 0 Å². The van der Waals surface area contributed by atoms with Gasteiger partial charge in [-0.3, -0.25) is 0 Å². The van der Waals surface area contributed by atoms with Crippen LogP contribution in [0.15, 0.2) is 0 Å². The normalized spacial score (nSPS) is 40.3. The lowest BCUT2D eigenvalue weighted by Crippen LogP contribution is -2.60. The predicted octanol–water partition coefficient (Wildman–Crippen LogP) is 3.67. The fraction of sp³-hybridized carbons (Fsp3) is 0.923. The molecule has 108 valence electrons. The first-order chi connectivity index (χ1) is 8.84. The minimum Gasteiger partial charge on any atom is -0.442 e. The van der Waals surface area contributed by atoms with Gasteiger partial charge in [-0.1, -0.05) is 0 Å². The van der Waals surface area contributed by atoms with Crippen molar-refractivity contribution in [3.05, 3.63) is 0 Å². The molecule has 0 aliphatic heterocycles. The van der Waals surface area contributed by atoms with E-state index >= 15 is 0 Å². The van der Waals surface area contributed by atoms with Crippen LogP contribution in [0.1, 0.15) is 38.5 Å². The second kappa shape index (κ2) is 4.57. The zero-order valence-corrected chi connectivity index (χ0v) is 12.2. The highest BCUT2D eigenvalue weighted by atomic mass is 79.9. The number of halogens is 3. The van der Waals surface area contributed by atoms with Crippen molar-refractivity contribution < 1.29 is 18.3 Å². The average Bonchev–Trinajstić information content (AvgIpc) is 2.22. The number of hydrogen-bond acceptors (Lipinski definition) is 2. The van der Waals surface area contributed by atoms with Crippen LogP contribution in [0.25, 0.3) is 0 Å². The topological polar surface area (TPSA) is 38.3 Å². The summed E-state index contributed by atoms with van der Waals surface area (Å²) < 4.78 is 29.8. The molecule has 0 radical (unpaired) electrons. The van der Waals surface area contributed by atoms with Crippen LogP contribution in [0.4, 0.5) is 13.6 Å². The number of nitrogens with one attached hydrogen (secondary N) is 1. The molecule has 0 aromatic carbocycles. The Bertz CT molecular complexity index is 348. The van der Waals surface area contributed by atoms with Crippen LogP contribution in [0.5, 0.6) is 0 Å². The van der Waals surface area contributed by atoms with Gasteiger partial charge in [0.1, 0.15) is 0 Å². The van der Waals surface area contributed by atoms with E-state index in [1.165, 1.54) is 19.3 Å². The third-order valence-electron chi connectivity index (χ3n) is 4.77. The molecule has 4 aliphatic rings. The van der Waals surface area contributed by atoms with Crippen molar-refractivity contribution >= 4 is 22.0 Å². The Morgan fingerprint density at radius 2 is 1.68 bits per heavy atom. The second-order valence-corrected chi connectivity index (χ2v) is 7.67. The molecule has 4 fully saturated rings. The number of carbonyl (C=O) groups excluding carboxylic acids is 1. The molecule has 4 bridgehead atoms. The van der Waals surface area contributed by atoms with Gasteiger partial charge in [0, 0.05) is 5.54 Å². The summed E-state index contributed by atoms with van der Waals surface area (Å²) >= 11 is 2.16. The van der Waals surface area contributed by atoms with E-state index in [9.17, 15) is 13.6 Å². The zero-order chi connectivity index (χ0) is 13.7. The maximum absolute atomic E-state index is 12.6. The Hall–Kier alpha value is -0.390. The summed E-state index contributed by atoms with van der Waals surface area (Å²) in [5.41, 5.74) is -0.187. The standard InChI is InChI=1S/C13H18BrF2NO2/c14-13(15,16)7-19-11(18)17-12-4-8-1-9(5-12)3-10(2-8)6-12/h8-10H,1-7H2,(H,17,18). The van der Waals surface area contributed by atoms with Crippen molar-refractivity contribution in [3.8, 4) is 0 Å². The molecule has 4 rings (SSSR count). The molecule has 0 heterocycles. The van der Waals surface area contributed by atoms with Crippen molar-refractivity contribution in [2.75, 3.05) is 6.61 Å². The summed E-state index contributed by atoms with van der Waals surface area (Å²) in [7, 11) is 0. The fourth-order valence-electron chi connectivity index (χ4n) is 4.66. The number of carbonyl (C=O) groups is 1. The number of rotatable bonds is 3. The lowest BCUT2D eigenvalue weighted by atomic mass is 9.53. The van der Waals surface area contributed by atoms with Crippen molar-refractivity contribution in [2.24, 2.45) is 17.8 Å². The highest BCUT2D eigenvalue weighted by Gasteiger charge is 2.51. The van der Waals surface area contributed by atoms with E-state index in [0.29, 0.717) is 17.8 Å². The number of hydrogen-bond donors (Lipinski definition) is 1. The maximum atomic E-state index is 12.6. The van der Waals surface area contributed by atoms with Gasteiger partial charge in [-0.2, -0.15) is 8.78 Å². The maximum Gasteiger partial charge on any atom is 0.407 e. The lowest BCUT2D eigenvalue weighted by molar-refractivity contribution is -0.0253. The second-order valence-electron chi connectivity index (χ2n) is 6.51. The van der Waals surface area contributed by atoms with E-state index in [0.717, 1.165) is 19.3 Å². The highest BCUT2D eigenvalue weighted by molar-refractivity contribution is 9.10. The van der Waals surface area contributed by atoms with Crippen molar-refractivity contribution in [2.45, 2.75) is 48.9 Å². The van der Waals surface area contributed by atoms with Crippen molar-refractivity contribution in [1.29, 1.82) is 0 Å².